The minimum Gasteiger partial charge on any atom is -0.478 e. The van der Waals surface area contributed by atoms with E-state index in [2.05, 4.69) is 15.3 Å². The number of aromatic nitrogens is 4. The first-order chi connectivity index (χ1) is 9.16. The fourth-order valence-corrected chi connectivity index (χ4v) is 1.94. The largest absolute Gasteiger partial charge is 0.478 e. The average molecular weight is 254 g/mol. The summed E-state index contributed by atoms with van der Waals surface area (Å²) < 4.78 is 1.43. The van der Waals surface area contributed by atoms with Crippen molar-refractivity contribution >= 4 is 16.7 Å². The molecule has 0 atom stereocenters. The van der Waals surface area contributed by atoms with Crippen LogP contribution in [-0.4, -0.2) is 31.1 Å². The molecule has 0 spiro atoms. The van der Waals surface area contributed by atoms with Gasteiger partial charge in [-0.1, -0.05) is 24.3 Å². The molecule has 19 heavy (non-hydrogen) atoms. The summed E-state index contributed by atoms with van der Waals surface area (Å²) >= 11 is 0. The van der Waals surface area contributed by atoms with Crippen molar-refractivity contribution in [1.82, 2.24) is 20.0 Å². The number of aromatic carboxylic acids is 1. The number of carboxylic acids is 1. The highest BCUT2D eigenvalue weighted by Gasteiger charge is 2.11. The smallest absolute Gasteiger partial charge is 0.338 e. The van der Waals surface area contributed by atoms with Crippen LogP contribution in [0.5, 0.6) is 0 Å². The maximum absolute atomic E-state index is 10.9. The SMILES string of the molecule is Cc1nnc(-n2cc(C(=O)O)cn2)c2ccccc12. The van der Waals surface area contributed by atoms with Crippen molar-refractivity contribution in [2.45, 2.75) is 6.92 Å². The number of hydrogen-bond donors (Lipinski definition) is 1. The van der Waals surface area contributed by atoms with Crippen LogP contribution in [0, 0.1) is 6.92 Å². The zero-order chi connectivity index (χ0) is 13.4. The minimum atomic E-state index is -1.02. The second kappa shape index (κ2) is 4.16. The molecule has 0 radical (unpaired) electrons. The van der Waals surface area contributed by atoms with Crippen molar-refractivity contribution in [3.8, 4) is 5.82 Å². The Hall–Kier alpha value is -2.76. The summed E-state index contributed by atoms with van der Waals surface area (Å²) in [5.74, 6) is -0.496. The predicted octanol–water partition coefficient (Wildman–Crippen LogP) is 1.82. The molecule has 0 aliphatic carbocycles. The second-order valence-electron chi connectivity index (χ2n) is 4.13. The van der Waals surface area contributed by atoms with Crippen LogP contribution in [0.4, 0.5) is 0 Å². The maximum atomic E-state index is 10.9. The van der Waals surface area contributed by atoms with Gasteiger partial charge in [0.25, 0.3) is 0 Å². The lowest BCUT2D eigenvalue weighted by molar-refractivity contribution is 0.0697. The van der Waals surface area contributed by atoms with Crippen molar-refractivity contribution in [2.75, 3.05) is 0 Å². The molecule has 1 N–H and O–H groups in total. The molecule has 1 aromatic carbocycles. The van der Waals surface area contributed by atoms with Gasteiger partial charge in [-0.3, -0.25) is 0 Å². The van der Waals surface area contributed by atoms with E-state index < -0.39 is 5.97 Å². The number of hydrogen-bond acceptors (Lipinski definition) is 4. The zero-order valence-electron chi connectivity index (χ0n) is 10.1. The van der Waals surface area contributed by atoms with Crippen LogP contribution in [0.2, 0.25) is 0 Å². The average Bonchev–Trinajstić information content (AvgIpc) is 2.89. The molecule has 0 unspecified atom stereocenters. The molecular weight excluding hydrogens is 244 g/mol. The van der Waals surface area contributed by atoms with Gasteiger partial charge in [-0.25, -0.2) is 9.48 Å². The molecule has 0 fully saturated rings. The van der Waals surface area contributed by atoms with E-state index in [1.165, 1.54) is 17.1 Å². The van der Waals surface area contributed by atoms with Gasteiger partial charge >= 0.3 is 5.97 Å². The quantitative estimate of drug-likeness (QED) is 0.754. The third kappa shape index (κ3) is 1.83. The molecule has 0 amide bonds. The molecule has 0 saturated carbocycles. The van der Waals surface area contributed by atoms with Gasteiger partial charge in [-0.2, -0.15) is 10.2 Å². The van der Waals surface area contributed by atoms with E-state index in [1.54, 1.807) is 0 Å². The van der Waals surface area contributed by atoms with Gasteiger partial charge in [0.2, 0.25) is 0 Å². The second-order valence-corrected chi connectivity index (χ2v) is 4.13. The summed E-state index contributed by atoms with van der Waals surface area (Å²) in [6.07, 6.45) is 2.72. The van der Waals surface area contributed by atoms with Gasteiger partial charge in [0.15, 0.2) is 5.82 Å². The van der Waals surface area contributed by atoms with Crippen LogP contribution in [0.25, 0.3) is 16.6 Å². The Kier molecular flexibility index (Phi) is 2.49. The predicted molar refractivity (Wildman–Crippen MR) is 68.4 cm³/mol. The van der Waals surface area contributed by atoms with Crippen LogP contribution in [0.3, 0.4) is 0 Å². The highest BCUT2D eigenvalue weighted by Crippen LogP contribution is 2.21. The fraction of sp³-hybridized carbons (Fsp3) is 0.0769. The molecule has 6 heteroatoms. The Balaban J connectivity index is 2.24. The molecule has 0 aliphatic rings. The number of aryl methyl sites for hydroxylation is 1. The number of nitrogens with zero attached hydrogens (tertiary/aromatic N) is 4. The Morgan fingerprint density at radius 1 is 1.21 bits per heavy atom. The van der Waals surface area contributed by atoms with E-state index >= 15 is 0 Å². The summed E-state index contributed by atoms with van der Waals surface area (Å²) in [7, 11) is 0. The van der Waals surface area contributed by atoms with Crippen molar-refractivity contribution in [2.24, 2.45) is 0 Å². The van der Waals surface area contributed by atoms with Crippen molar-refractivity contribution in [3.05, 3.63) is 47.9 Å². The Labute approximate surface area is 108 Å². The summed E-state index contributed by atoms with van der Waals surface area (Å²) in [6, 6.07) is 7.68. The lowest BCUT2D eigenvalue weighted by Gasteiger charge is -2.06. The first-order valence-electron chi connectivity index (χ1n) is 5.67. The zero-order valence-corrected chi connectivity index (χ0v) is 10.1. The van der Waals surface area contributed by atoms with Gasteiger partial charge < -0.3 is 5.11 Å². The normalized spacial score (nSPS) is 10.8. The topological polar surface area (TPSA) is 80.9 Å². The molecule has 2 heterocycles. The molecule has 2 aromatic heterocycles. The third-order valence-corrected chi connectivity index (χ3v) is 2.90. The van der Waals surface area contributed by atoms with E-state index in [9.17, 15) is 4.79 Å². The van der Waals surface area contributed by atoms with Crippen LogP contribution in [0.1, 0.15) is 16.1 Å². The highest BCUT2D eigenvalue weighted by atomic mass is 16.4. The van der Waals surface area contributed by atoms with Crippen LogP contribution < -0.4 is 0 Å². The fourth-order valence-electron chi connectivity index (χ4n) is 1.94. The van der Waals surface area contributed by atoms with Gasteiger partial charge in [-0.05, 0) is 6.92 Å². The molecule has 0 saturated heterocycles. The van der Waals surface area contributed by atoms with Crippen LogP contribution in [0.15, 0.2) is 36.7 Å². The number of carbonyl (C=O) groups is 1. The van der Waals surface area contributed by atoms with Gasteiger partial charge in [0.1, 0.15) is 0 Å². The monoisotopic (exact) mass is 254 g/mol. The Morgan fingerprint density at radius 2 is 1.95 bits per heavy atom. The van der Waals surface area contributed by atoms with Crippen molar-refractivity contribution < 1.29 is 9.90 Å². The van der Waals surface area contributed by atoms with Gasteiger partial charge in [-0.15, -0.1) is 5.10 Å². The minimum absolute atomic E-state index is 0.117. The number of rotatable bonds is 2. The Morgan fingerprint density at radius 3 is 2.63 bits per heavy atom. The summed E-state index contributed by atoms with van der Waals surface area (Å²) in [5.41, 5.74) is 0.941. The van der Waals surface area contributed by atoms with Crippen LogP contribution in [-0.2, 0) is 0 Å². The van der Waals surface area contributed by atoms with Gasteiger partial charge in [0, 0.05) is 17.0 Å². The summed E-state index contributed by atoms with van der Waals surface area (Å²) in [5, 5.41) is 23.0. The summed E-state index contributed by atoms with van der Waals surface area (Å²) in [6.45, 7) is 1.88. The van der Waals surface area contributed by atoms with E-state index in [1.807, 2.05) is 31.2 Å². The third-order valence-electron chi connectivity index (χ3n) is 2.90. The first kappa shape index (κ1) is 11.3. The first-order valence-corrected chi connectivity index (χ1v) is 5.67. The molecule has 3 aromatic rings. The highest BCUT2D eigenvalue weighted by molar-refractivity contribution is 5.90. The van der Waals surface area contributed by atoms with Crippen molar-refractivity contribution in [3.63, 3.8) is 0 Å². The molecule has 0 bridgehead atoms. The summed E-state index contributed by atoms with van der Waals surface area (Å²) in [4.78, 5) is 10.9. The van der Waals surface area contributed by atoms with E-state index in [0.29, 0.717) is 5.82 Å². The van der Waals surface area contributed by atoms with Crippen LogP contribution >= 0.6 is 0 Å². The maximum Gasteiger partial charge on any atom is 0.338 e. The van der Waals surface area contributed by atoms with E-state index in [-0.39, 0.29) is 5.56 Å². The molecule has 3 rings (SSSR count). The molecular formula is C13H10N4O2. The number of fused-ring (bicyclic) bond motifs is 1. The van der Waals surface area contributed by atoms with Crippen molar-refractivity contribution in [1.29, 1.82) is 0 Å². The molecule has 94 valence electrons. The lowest BCUT2D eigenvalue weighted by Crippen LogP contribution is -2.03. The number of carboxylic acid groups (broad SMARTS) is 1. The Bertz CT molecular complexity index is 779. The number of benzene rings is 1. The van der Waals surface area contributed by atoms with E-state index in [4.69, 9.17) is 5.11 Å². The van der Waals surface area contributed by atoms with Gasteiger partial charge in [0.05, 0.1) is 17.5 Å². The lowest BCUT2D eigenvalue weighted by atomic mass is 10.1. The molecule has 6 nitrogen and oxygen atoms in total. The molecule has 0 aliphatic heterocycles. The van der Waals surface area contributed by atoms with E-state index in [0.717, 1.165) is 16.5 Å². The standard InChI is InChI=1S/C13H10N4O2/c1-8-10-4-2-3-5-11(10)12(16-15-8)17-7-9(6-14-17)13(18)19/h2-7H,1H3,(H,18,19).